The summed E-state index contributed by atoms with van der Waals surface area (Å²) in [6.07, 6.45) is 2.47. The van der Waals surface area contributed by atoms with Gasteiger partial charge in [0.2, 0.25) is 11.8 Å². The molecule has 0 atom stereocenters. The smallest absolute Gasteiger partial charge is 0.272 e. The number of aliphatic hydroxyl groups excluding tert-OH is 1. The number of aryl methyl sites for hydroxylation is 1. The molecule has 0 aliphatic heterocycles. The Hall–Kier alpha value is -3.48. The van der Waals surface area contributed by atoms with Crippen LogP contribution in [0, 0.1) is 18.3 Å². The summed E-state index contributed by atoms with van der Waals surface area (Å²) >= 11 is 0. The van der Waals surface area contributed by atoms with Crippen molar-refractivity contribution in [3.05, 3.63) is 35.4 Å². The fourth-order valence-electron chi connectivity index (χ4n) is 1.66. The van der Waals surface area contributed by atoms with Crippen LogP contribution >= 0.6 is 0 Å². The number of halogens is 1. The van der Waals surface area contributed by atoms with E-state index in [4.69, 9.17) is 14.5 Å². The molecule has 9 nitrogen and oxygen atoms in total. The zero-order valence-electron chi connectivity index (χ0n) is 12.5. The van der Waals surface area contributed by atoms with Crippen LogP contribution in [0.25, 0.3) is 5.76 Å². The molecule has 2 aromatic rings. The predicted octanol–water partition coefficient (Wildman–Crippen LogP) is 1.55. The van der Waals surface area contributed by atoms with Crippen molar-refractivity contribution in [2.75, 3.05) is 18.6 Å². The Balaban J connectivity index is 2.22. The van der Waals surface area contributed by atoms with Gasteiger partial charge >= 0.3 is 0 Å². The van der Waals surface area contributed by atoms with E-state index in [1.165, 1.54) is 25.4 Å². The minimum Gasteiger partial charge on any atom is -0.506 e. The number of amides is 1. The van der Waals surface area contributed by atoms with Gasteiger partial charge in [-0.3, -0.25) is 10.1 Å². The number of nitrogens with zero attached hydrogens (tertiary/aromatic N) is 4. The highest BCUT2D eigenvalue weighted by atomic mass is 19.1. The molecule has 0 aliphatic rings. The first-order valence-corrected chi connectivity index (χ1v) is 6.65. The molecule has 24 heavy (non-hydrogen) atoms. The molecule has 0 saturated carbocycles. The Morgan fingerprint density at radius 1 is 1.58 bits per heavy atom. The van der Waals surface area contributed by atoms with Gasteiger partial charge in [-0.05, 0) is 6.92 Å². The first kappa shape index (κ1) is 16.9. The van der Waals surface area contributed by atoms with E-state index >= 15 is 0 Å². The number of anilines is 1. The number of hydrogen-bond acceptors (Lipinski definition) is 8. The molecular formula is C14H12FN5O4. The minimum absolute atomic E-state index is 0.0551. The Morgan fingerprint density at radius 3 is 3.00 bits per heavy atom. The highest BCUT2D eigenvalue weighted by molar-refractivity contribution is 6.10. The van der Waals surface area contributed by atoms with Crippen LogP contribution in [-0.4, -0.2) is 39.4 Å². The van der Waals surface area contributed by atoms with Crippen molar-refractivity contribution in [1.82, 2.24) is 15.1 Å². The van der Waals surface area contributed by atoms with Crippen LogP contribution in [-0.2, 0) is 4.79 Å². The summed E-state index contributed by atoms with van der Waals surface area (Å²) in [5, 5.41) is 24.9. The third kappa shape index (κ3) is 3.83. The number of alkyl halides is 1. The van der Waals surface area contributed by atoms with Gasteiger partial charge in [-0.1, -0.05) is 5.16 Å². The lowest BCUT2D eigenvalue weighted by Gasteiger charge is -2.06. The van der Waals surface area contributed by atoms with Gasteiger partial charge in [0.05, 0.1) is 11.8 Å². The second-order valence-electron chi connectivity index (χ2n) is 4.34. The van der Waals surface area contributed by atoms with Gasteiger partial charge in [0.15, 0.2) is 11.3 Å². The van der Waals surface area contributed by atoms with E-state index < -0.39 is 23.9 Å². The number of carbonyl (C=O) groups excluding carboxylic acids is 1. The number of aromatic nitrogens is 3. The lowest BCUT2D eigenvalue weighted by atomic mass is 10.1. The lowest BCUT2D eigenvalue weighted by Crippen LogP contribution is -2.17. The van der Waals surface area contributed by atoms with Crippen LogP contribution in [0.2, 0.25) is 0 Å². The molecule has 0 spiro atoms. The van der Waals surface area contributed by atoms with Gasteiger partial charge in [0.1, 0.15) is 25.1 Å². The molecule has 0 radical (unpaired) electrons. The largest absolute Gasteiger partial charge is 0.506 e. The number of ether oxygens (including phenoxy) is 1. The van der Waals surface area contributed by atoms with Crippen LogP contribution in [0.5, 0.6) is 5.88 Å². The molecule has 0 bridgehead atoms. The van der Waals surface area contributed by atoms with E-state index in [-0.39, 0.29) is 29.8 Å². The number of carbonyl (C=O) groups is 1. The maximum atomic E-state index is 12.1. The summed E-state index contributed by atoms with van der Waals surface area (Å²) < 4.78 is 21.8. The van der Waals surface area contributed by atoms with Gasteiger partial charge in [0, 0.05) is 12.3 Å². The third-order valence-electron chi connectivity index (χ3n) is 2.76. The van der Waals surface area contributed by atoms with Crippen molar-refractivity contribution in [3.8, 4) is 11.9 Å². The molecule has 0 unspecified atom stereocenters. The first-order chi connectivity index (χ1) is 11.6. The number of aliphatic hydroxyl groups is 1. The van der Waals surface area contributed by atoms with E-state index in [2.05, 4.69) is 20.4 Å². The molecule has 124 valence electrons. The van der Waals surface area contributed by atoms with E-state index in [1.54, 1.807) is 6.07 Å². The van der Waals surface area contributed by atoms with Gasteiger partial charge in [-0.25, -0.2) is 9.37 Å². The van der Waals surface area contributed by atoms with Gasteiger partial charge < -0.3 is 14.4 Å². The Labute approximate surface area is 135 Å². The van der Waals surface area contributed by atoms with Crippen LogP contribution in [0.3, 0.4) is 0 Å². The van der Waals surface area contributed by atoms with Crippen molar-refractivity contribution < 1.29 is 23.6 Å². The minimum atomic E-state index is -0.932. The van der Waals surface area contributed by atoms with Crippen molar-refractivity contribution in [2.24, 2.45) is 0 Å². The van der Waals surface area contributed by atoms with Crippen LogP contribution in [0.4, 0.5) is 10.3 Å². The lowest BCUT2D eigenvalue weighted by molar-refractivity contribution is -0.112. The summed E-state index contributed by atoms with van der Waals surface area (Å²) in [5.74, 6) is -1.39. The number of rotatable bonds is 6. The average Bonchev–Trinajstić information content (AvgIpc) is 3.00. The van der Waals surface area contributed by atoms with E-state index in [9.17, 15) is 14.3 Å². The maximum absolute atomic E-state index is 12.1. The number of nitrogens with one attached hydrogen (secondary N) is 1. The Kier molecular flexibility index (Phi) is 5.40. The normalized spacial score (nSPS) is 11.4. The molecule has 2 rings (SSSR count). The molecule has 2 N–H and O–H groups in total. The fourth-order valence-corrected chi connectivity index (χ4v) is 1.66. The zero-order chi connectivity index (χ0) is 17.5. The van der Waals surface area contributed by atoms with Gasteiger partial charge in [-0.2, -0.15) is 10.2 Å². The van der Waals surface area contributed by atoms with E-state index in [0.29, 0.717) is 0 Å². The molecule has 10 heteroatoms. The van der Waals surface area contributed by atoms with Crippen molar-refractivity contribution in [2.45, 2.75) is 6.92 Å². The highest BCUT2D eigenvalue weighted by Gasteiger charge is 2.20. The average molecular weight is 333 g/mol. The van der Waals surface area contributed by atoms with Crippen molar-refractivity contribution in [3.63, 3.8) is 0 Å². The molecule has 0 aromatic carbocycles. The molecule has 0 fully saturated rings. The molecule has 2 aromatic heterocycles. The summed E-state index contributed by atoms with van der Waals surface area (Å²) in [5.41, 5.74) is -0.456. The summed E-state index contributed by atoms with van der Waals surface area (Å²) in [4.78, 5) is 19.7. The first-order valence-electron chi connectivity index (χ1n) is 6.65. The van der Waals surface area contributed by atoms with Crippen LogP contribution < -0.4 is 10.1 Å². The molecule has 0 aliphatic carbocycles. The fraction of sp³-hybridized carbons (Fsp3) is 0.214. The Morgan fingerprint density at radius 2 is 2.38 bits per heavy atom. The summed E-state index contributed by atoms with van der Waals surface area (Å²) in [7, 11) is 0. The third-order valence-corrected chi connectivity index (χ3v) is 2.76. The van der Waals surface area contributed by atoms with Gasteiger partial charge in [0.25, 0.3) is 5.91 Å². The number of nitriles is 1. The summed E-state index contributed by atoms with van der Waals surface area (Å²) in [6.45, 7) is 0.626. The van der Waals surface area contributed by atoms with E-state index in [0.717, 1.165) is 0 Å². The summed E-state index contributed by atoms with van der Waals surface area (Å²) in [6, 6.07) is 2.98. The quantitative estimate of drug-likeness (QED) is 0.462. The van der Waals surface area contributed by atoms with Crippen molar-refractivity contribution in [1.29, 1.82) is 5.26 Å². The molecular weight excluding hydrogens is 321 g/mol. The molecule has 1 amide bonds. The highest BCUT2D eigenvalue weighted by Crippen LogP contribution is 2.20. The second kappa shape index (κ2) is 7.68. The standard InChI is InChI=1S/C14H12FN5O4/c1-8-10(7-18-24-8)12(21)9(6-16)13(22)20-14-17-4-2-11(19-14)23-5-3-15/h2,4,7,21H,3,5H2,1H3,(H,17,19,20,22)/b12-9-. The molecule has 0 saturated heterocycles. The monoisotopic (exact) mass is 333 g/mol. The Bertz CT molecular complexity index is 811. The van der Waals surface area contributed by atoms with E-state index in [1.807, 2.05) is 0 Å². The second-order valence-corrected chi connectivity index (χ2v) is 4.34. The predicted molar refractivity (Wildman–Crippen MR) is 78.5 cm³/mol. The van der Waals surface area contributed by atoms with Gasteiger partial charge in [-0.15, -0.1) is 0 Å². The maximum Gasteiger partial charge on any atom is 0.272 e. The van der Waals surface area contributed by atoms with Crippen LogP contribution in [0.15, 0.2) is 28.6 Å². The van der Waals surface area contributed by atoms with Crippen molar-refractivity contribution >= 4 is 17.6 Å². The zero-order valence-corrected chi connectivity index (χ0v) is 12.5. The SMILES string of the molecule is Cc1oncc1/C(O)=C(\C#N)C(=O)Nc1nccc(OCCF)n1. The number of hydrogen-bond donors (Lipinski definition) is 2. The van der Waals surface area contributed by atoms with Crippen LogP contribution in [0.1, 0.15) is 11.3 Å². The topological polar surface area (TPSA) is 134 Å². The molecule has 2 heterocycles.